The van der Waals surface area contributed by atoms with E-state index in [4.69, 9.17) is 9.97 Å². The Labute approximate surface area is 204 Å². The predicted octanol–water partition coefficient (Wildman–Crippen LogP) is 9.46. The van der Waals surface area contributed by atoms with Crippen LogP contribution in [0.15, 0.2) is 30.5 Å². The predicted molar refractivity (Wildman–Crippen MR) is 143 cm³/mol. The Kier molecular flexibility index (Phi) is 11.4. The first kappa shape index (κ1) is 25.9. The van der Waals surface area contributed by atoms with E-state index >= 15 is 0 Å². The average molecular weight is 449 g/mol. The summed E-state index contributed by atoms with van der Waals surface area (Å²) in [6, 6.07) is 9.04. The number of aromatic nitrogens is 2. The number of fused-ring (bicyclic) bond motifs is 1. The molecule has 33 heavy (non-hydrogen) atoms. The molecule has 1 aromatic carbocycles. The van der Waals surface area contributed by atoms with Gasteiger partial charge in [0, 0.05) is 17.5 Å². The topological polar surface area (TPSA) is 25.8 Å². The second-order valence-electron chi connectivity index (χ2n) is 10.6. The van der Waals surface area contributed by atoms with Crippen molar-refractivity contribution < 1.29 is 0 Å². The van der Waals surface area contributed by atoms with E-state index in [-0.39, 0.29) is 0 Å². The van der Waals surface area contributed by atoms with Gasteiger partial charge in [-0.15, -0.1) is 0 Å². The maximum absolute atomic E-state index is 4.99. The zero-order chi connectivity index (χ0) is 23.3. The highest BCUT2D eigenvalue weighted by Crippen LogP contribution is 2.30. The van der Waals surface area contributed by atoms with Crippen molar-refractivity contribution in [3.63, 3.8) is 0 Å². The molecule has 2 aromatic rings. The molecule has 0 saturated heterocycles. The number of nitrogens with zero attached hydrogens (tertiary/aromatic N) is 2. The minimum Gasteiger partial charge on any atom is -0.236 e. The molecule has 0 amide bonds. The van der Waals surface area contributed by atoms with E-state index in [1.165, 1.54) is 113 Å². The van der Waals surface area contributed by atoms with Crippen molar-refractivity contribution in [1.82, 2.24) is 9.97 Å². The lowest BCUT2D eigenvalue weighted by molar-refractivity contribution is 0.399. The van der Waals surface area contributed by atoms with Crippen LogP contribution in [0.5, 0.6) is 0 Å². The van der Waals surface area contributed by atoms with Crippen LogP contribution in [-0.4, -0.2) is 9.97 Å². The van der Waals surface area contributed by atoms with Gasteiger partial charge in [0.15, 0.2) is 5.82 Å². The first-order valence-corrected chi connectivity index (χ1v) is 14.2. The second-order valence-corrected chi connectivity index (χ2v) is 10.6. The molecule has 1 heterocycles. The maximum atomic E-state index is 4.99. The zero-order valence-corrected chi connectivity index (χ0v) is 21.7. The van der Waals surface area contributed by atoms with Crippen LogP contribution in [0, 0.1) is 5.92 Å². The summed E-state index contributed by atoms with van der Waals surface area (Å²) in [5.74, 6) is 2.37. The van der Waals surface area contributed by atoms with E-state index in [1.807, 2.05) is 0 Å². The molecule has 2 atom stereocenters. The van der Waals surface area contributed by atoms with Crippen molar-refractivity contribution in [2.24, 2.45) is 5.92 Å². The van der Waals surface area contributed by atoms with Crippen LogP contribution >= 0.6 is 0 Å². The molecule has 2 unspecified atom stereocenters. The first-order chi connectivity index (χ1) is 16.2. The molecule has 182 valence electrons. The van der Waals surface area contributed by atoms with Gasteiger partial charge in [0.2, 0.25) is 0 Å². The highest BCUT2D eigenvalue weighted by Gasteiger charge is 2.20. The Balaban J connectivity index is 1.47. The van der Waals surface area contributed by atoms with E-state index in [1.54, 1.807) is 0 Å². The smallest absolute Gasteiger partial charge is 0.159 e. The highest BCUT2D eigenvalue weighted by atomic mass is 14.9. The standard InChI is InChI=1S/C31H48N2/c1-4-6-8-10-11-12-14-16-26-17-22-30-29(23-26)24-32-31(33-30)28-20-18-27(19-21-28)25(3)15-13-9-7-5-2/h18-21,24-26H,4-17,22-23H2,1-3H3. The molecule has 0 radical (unpaired) electrons. The van der Waals surface area contributed by atoms with Gasteiger partial charge in [-0.2, -0.15) is 0 Å². The summed E-state index contributed by atoms with van der Waals surface area (Å²) >= 11 is 0. The number of rotatable bonds is 15. The lowest BCUT2D eigenvalue weighted by atomic mass is 9.84. The van der Waals surface area contributed by atoms with Crippen LogP contribution in [0.2, 0.25) is 0 Å². The Morgan fingerprint density at radius 3 is 2.24 bits per heavy atom. The van der Waals surface area contributed by atoms with E-state index in [0.717, 1.165) is 23.7 Å². The normalized spacial score (nSPS) is 16.5. The summed E-state index contributed by atoms with van der Waals surface area (Å²) < 4.78 is 0. The van der Waals surface area contributed by atoms with Crippen LogP contribution < -0.4 is 0 Å². The molecule has 2 heteroatoms. The van der Waals surface area contributed by atoms with Crippen LogP contribution in [0.25, 0.3) is 11.4 Å². The summed E-state index contributed by atoms with van der Waals surface area (Å²) in [5.41, 5.74) is 5.30. The molecule has 0 N–H and O–H groups in total. The van der Waals surface area contributed by atoms with Crippen LogP contribution in [0.1, 0.15) is 133 Å². The molecule has 0 aliphatic heterocycles. The molecule has 1 aromatic heterocycles. The van der Waals surface area contributed by atoms with Crippen molar-refractivity contribution in [2.45, 2.75) is 129 Å². The van der Waals surface area contributed by atoms with E-state index in [2.05, 4.69) is 51.2 Å². The van der Waals surface area contributed by atoms with Crippen LogP contribution in [-0.2, 0) is 12.8 Å². The molecular weight excluding hydrogens is 400 g/mol. The lowest BCUT2D eigenvalue weighted by Crippen LogP contribution is -2.16. The Morgan fingerprint density at radius 1 is 0.848 bits per heavy atom. The summed E-state index contributed by atoms with van der Waals surface area (Å²) in [6.07, 6.45) is 23.6. The van der Waals surface area contributed by atoms with Crippen molar-refractivity contribution in [2.75, 3.05) is 0 Å². The number of unbranched alkanes of at least 4 members (excludes halogenated alkanes) is 9. The number of hydrogen-bond acceptors (Lipinski definition) is 2. The van der Waals surface area contributed by atoms with Gasteiger partial charge in [-0.25, -0.2) is 9.97 Å². The monoisotopic (exact) mass is 448 g/mol. The number of benzene rings is 1. The molecule has 1 aliphatic carbocycles. The fraction of sp³-hybridized carbons (Fsp3) is 0.677. The largest absolute Gasteiger partial charge is 0.236 e. The third-order valence-electron chi connectivity index (χ3n) is 7.70. The molecule has 0 bridgehead atoms. The van der Waals surface area contributed by atoms with Gasteiger partial charge in [0.1, 0.15) is 0 Å². The molecule has 0 spiro atoms. The highest BCUT2D eigenvalue weighted by molar-refractivity contribution is 5.56. The van der Waals surface area contributed by atoms with Crippen LogP contribution in [0.3, 0.4) is 0 Å². The number of hydrogen-bond donors (Lipinski definition) is 0. The Morgan fingerprint density at radius 2 is 1.52 bits per heavy atom. The second kappa shape index (κ2) is 14.5. The van der Waals surface area contributed by atoms with Crippen molar-refractivity contribution in [3.05, 3.63) is 47.3 Å². The van der Waals surface area contributed by atoms with Gasteiger partial charge >= 0.3 is 0 Å². The minimum absolute atomic E-state index is 0.633. The van der Waals surface area contributed by atoms with E-state index < -0.39 is 0 Å². The maximum Gasteiger partial charge on any atom is 0.159 e. The van der Waals surface area contributed by atoms with Crippen molar-refractivity contribution in [1.29, 1.82) is 0 Å². The fourth-order valence-corrected chi connectivity index (χ4v) is 5.36. The molecule has 2 nitrogen and oxygen atoms in total. The summed E-state index contributed by atoms with van der Waals surface area (Å²) in [6.45, 7) is 6.93. The van der Waals surface area contributed by atoms with E-state index in [9.17, 15) is 0 Å². The summed E-state index contributed by atoms with van der Waals surface area (Å²) in [5, 5.41) is 0. The van der Waals surface area contributed by atoms with Gasteiger partial charge in [-0.3, -0.25) is 0 Å². The molecule has 0 saturated carbocycles. The quantitative estimate of drug-likeness (QED) is 0.253. The summed E-state index contributed by atoms with van der Waals surface area (Å²) in [4.78, 5) is 9.76. The SMILES string of the molecule is CCCCCCCCCC1CCc2nc(-c3ccc(C(C)CCCCCC)cc3)ncc2C1. The number of aryl methyl sites for hydroxylation is 1. The third-order valence-corrected chi connectivity index (χ3v) is 7.70. The molecule has 3 rings (SSSR count). The van der Waals surface area contributed by atoms with Crippen molar-refractivity contribution in [3.8, 4) is 11.4 Å². The third kappa shape index (κ3) is 8.54. The van der Waals surface area contributed by atoms with Crippen LogP contribution in [0.4, 0.5) is 0 Å². The molecule has 0 fully saturated rings. The summed E-state index contributed by atoms with van der Waals surface area (Å²) in [7, 11) is 0. The fourth-order valence-electron chi connectivity index (χ4n) is 5.36. The van der Waals surface area contributed by atoms with Crippen molar-refractivity contribution >= 4 is 0 Å². The molecular formula is C31H48N2. The van der Waals surface area contributed by atoms with Gasteiger partial charge in [0.05, 0.1) is 0 Å². The first-order valence-electron chi connectivity index (χ1n) is 14.2. The molecule has 1 aliphatic rings. The zero-order valence-electron chi connectivity index (χ0n) is 21.7. The Hall–Kier alpha value is -1.70. The van der Waals surface area contributed by atoms with Gasteiger partial charge in [0.25, 0.3) is 0 Å². The minimum atomic E-state index is 0.633. The van der Waals surface area contributed by atoms with Gasteiger partial charge in [-0.1, -0.05) is 122 Å². The van der Waals surface area contributed by atoms with Gasteiger partial charge < -0.3 is 0 Å². The Bertz CT molecular complexity index is 795. The van der Waals surface area contributed by atoms with Gasteiger partial charge in [-0.05, 0) is 48.6 Å². The average Bonchev–Trinajstić information content (AvgIpc) is 2.85. The lowest BCUT2D eigenvalue weighted by Gasteiger charge is -2.24. The van der Waals surface area contributed by atoms with E-state index in [0.29, 0.717) is 5.92 Å².